The van der Waals surface area contributed by atoms with Crippen molar-refractivity contribution < 1.29 is 23.9 Å². The summed E-state index contributed by atoms with van der Waals surface area (Å²) < 4.78 is 13.3. The largest absolute Gasteiger partial charge is 0.480 e. The number of fused-ring (bicyclic) bond motifs is 1. The second-order valence-corrected chi connectivity index (χ2v) is 6.07. The molecule has 6 nitrogen and oxygen atoms in total. The van der Waals surface area contributed by atoms with E-state index in [1.807, 2.05) is 13.8 Å². The molecule has 23 heavy (non-hydrogen) atoms. The minimum Gasteiger partial charge on any atom is -0.480 e. The first-order chi connectivity index (χ1) is 10.8. The molecule has 0 fully saturated rings. The van der Waals surface area contributed by atoms with Crippen molar-refractivity contribution in [3.63, 3.8) is 0 Å². The van der Waals surface area contributed by atoms with Gasteiger partial charge in [0.25, 0.3) is 0 Å². The lowest BCUT2D eigenvalue weighted by molar-refractivity contribution is -0.142. The lowest BCUT2D eigenvalue weighted by atomic mass is 9.89. The van der Waals surface area contributed by atoms with Crippen LogP contribution in [0, 0.1) is 11.7 Å². The summed E-state index contributed by atoms with van der Waals surface area (Å²) in [5.74, 6) is -3.32. The molecule has 3 N–H and O–H groups in total. The van der Waals surface area contributed by atoms with Crippen molar-refractivity contribution in [1.29, 1.82) is 0 Å². The van der Waals surface area contributed by atoms with Crippen molar-refractivity contribution in [3.05, 3.63) is 29.6 Å². The molecule has 0 radical (unpaired) electrons. The Hall–Kier alpha value is -2.44. The molecule has 1 aliphatic rings. The SMILES string of the molecule is CC(C)C[C@@H](NC(=O)C1CC(=O)Nc2cc(F)ccc21)C(=O)O. The molecule has 2 atom stereocenters. The smallest absolute Gasteiger partial charge is 0.326 e. The Kier molecular flexibility index (Phi) is 4.98. The quantitative estimate of drug-likeness (QED) is 0.771. The summed E-state index contributed by atoms with van der Waals surface area (Å²) in [6, 6.07) is 2.78. The van der Waals surface area contributed by atoms with Crippen LogP contribution < -0.4 is 10.6 Å². The number of rotatable bonds is 5. The second kappa shape index (κ2) is 6.76. The molecule has 1 aliphatic heterocycles. The molecule has 1 aromatic carbocycles. The van der Waals surface area contributed by atoms with E-state index in [1.165, 1.54) is 12.1 Å². The highest BCUT2D eigenvalue weighted by Crippen LogP contribution is 2.33. The molecule has 1 heterocycles. The Labute approximate surface area is 133 Å². The molecule has 0 aliphatic carbocycles. The van der Waals surface area contributed by atoms with E-state index in [0.29, 0.717) is 5.56 Å². The number of halogens is 1. The van der Waals surface area contributed by atoms with Gasteiger partial charge in [-0.15, -0.1) is 0 Å². The fourth-order valence-electron chi connectivity index (χ4n) is 2.64. The van der Waals surface area contributed by atoms with E-state index in [2.05, 4.69) is 10.6 Å². The molecule has 1 unspecified atom stereocenters. The predicted octanol–water partition coefficient (Wildman–Crippen LogP) is 1.87. The van der Waals surface area contributed by atoms with Gasteiger partial charge in [-0.25, -0.2) is 9.18 Å². The van der Waals surface area contributed by atoms with E-state index in [0.717, 1.165) is 6.07 Å². The van der Waals surface area contributed by atoms with E-state index < -0.39 is 35.6 Å². The van der Waals surface area contributed by atoms with Gasteiger partial charge >= 0.3 is 5.97 Å². The maximum Gasteiger partial charge on any atom is 0.326 e. The van der Waals surface area contributed by atoms with Crippen molar-refractivity contribution >= 4 is 23.5 Å². The number of hydrogen-bond donors (Lipinski definition) is 3. The highest BCUT2D eigenvalue weighted by molar-refractivity contribution is 6.01. The van der Waals surface area contributed by atoms with Gasteiger partial charge in [-0.1, -0.05) is 19.9 Å². The third kappa shape index (κ3) is 4.06. The van der Waals surface area contributed by atoms with Crippen molar-refractivity contribution in [1.82, 2.24) is 5.32 Å². The van der Waals surface area contributed by atoms with Crippen LogP contribution >= 0.6 is 0 Å². The first-order valence-electron chi connectivity index (χ1n) is 7.40. The predicted molar refractivity (Wildman–Crippen MR) is 81.4 cm³/mol. The molecule has 2 amide bonds. The van der Waals surface area contributed by atoms with Gasteiger partial charge in [0.05, 0.1) is 5.92 Å². The summed E-state index contributed by atoms with van der Waals surface area (Å²) in [6.07, 6.45) is 0.189. The zero-order valence-electron chi connectivity index (χ0n) is 12.9. The normalized spacial score (nSPS) is 18.1. The molecular weight excluding hydrogens is 303 g/mol. The Bertz CT molecular complexity index is 645. The number of aliphatic carboxylic acids is 1. The second-order valence-electron chi connectivity index (χ2n) is 6.07. The van der Waals surface area contributed by atoms with E-state index in [4.69, 9.17) is 0 Å². The molecule has 7 heteroatoms. The topological polar surface area (TPSA) is 95.5 Å². The first kappa shape index (κ1) is 16.9. The van der Waals surface area contributed by atoms with Gasteiger partial charge in [-0.05, 0) is 30.0 Å². The highest BCUT2D eigenvalue weighted by Gasteiger charge is 2.33. The number of nitrogens with one attached hydrogen (secondary N) is 2. The fourth-order valence-corrected chi connectivity index (χ4v) is 2.64. The minimum absolute atomic E-state index is 0.0902. The first-order valence-corrected chi connectivity index (χ1v) is 7.40. The molecule has 0 aromatic heterocycles. The number of carbonyl (C=O) groups is 3. The molecular formula is C16H19FN2O4. The van der Waals surface area contributed by atoms with Crippen molar-refractivity contribution in [2.24, 2.45) is 5.92 Å². The lowest BCUT2D eigenvalue weighted by Crippen LogP contribution is -2.45. The van der Waals surface area contributed by atoms with Crippen molar-refractivity contribution in [2.75, 3.05) is 5.32 Å². The van der Waals surface area contributed by atoms with Gasteiger partial charge in [-0.3, -0.25) is 9.59 Å². The fraction of sp³-hybridized carbons (Fsp3) is 0.438. The van der Waals surface area contributed by atoms with E-state index in [1.54, 1.807) is 0 Å². The third-order valence-electron chi connectivity index (χ3n) is 3.69. The Morgan fingerprint density at radius 1 is 1.43 bits per heavy atom. The van der Waals surface area contributed by atoms with Gasteiger partial charge < -0.3 is 15.7 Å². The summed E-state index contributed by atoms with van der Waals surface area (Å²) in [4.78, 5) is 35.4. The van der Waals surface area contributed by atoms with E-state index >= 15 is 0 Å². The Morgan fingerprint density at radius 2 is 2.13 bits per heavy atom. The highest BCUT2D eigenvalue weighted by atomic mass is 19.1. The third-order valence-corrected chi connectivity index (χ3v) is 3.69. The maximum absolute atomic E-state index is 13.3. The van der Waals surface area contributed by atoms with E-state index in [9.17, 15) is 23.9 Å². The average molecular weight is 322 g/mol. The monoisotopic (exact) mass is 322 g/mol. The zero-order valence-corrected chi connectivity index (χ0v) is 12.9. The number of carboxylic acid groups (broad SMARTS) is 1. The number of benzene rings is 1. The minimum atomic E-state index is -1.12. The summed E-state index contributed by atoms with van der Waals surface area (Å²) in [7, 11) is 0. The van der Waals surface area contributed by atoms with Crippen LogP contribution in [0.3, 0.4) is 0 Å². The molecule has 0 bridgehead atoms. The van der Waals surface area contributed by atoms with Crippen LogP contribution in [-0.2, 0) is 14.4 Å². The lowest BCUT2D eigenvalue weighted by Gasteiger charge is -2.26. The van der Waals surface area contributed by atoms with Crippen LogP contribution in [0.25, 0.3) is 0 Å². The Morgan fingerprint density at radius 3 is 2.74 bits per heavy atom. The van der Waals surface area contributed by atoms with Gasteiger partial charge in [0, 0.05) is 12.1 Å². The number of hydrogen-bond acceptors (Lipinski definition) is 3. The summed E-state index contributed by atoms with van der Waals surface area (Å²) in [5, 5.41) is 14.2. The zero-order chi connectivity index (χ0) is 17.1. The van der Waals surface area contributed by atoms with Crippen LogP contribution in [0.1, 0.15) is 38.2 Å². The molecule has 0 spiro atoms. The maximum atomic E-state index is 13.3. The number of carbonyl (C=O) groups excluding carboxylic acids is 2. The summed E-state index contributed by atoms with van der Waals surface area (Å²) >= 11 is 0. The molecule has 124 valence electrons. The van der Waals surface area contributed by atoms with Gasteiger partial charge in [0.1, 0.15) is 11.9 Å². The van der Waals surface area contributed by atoms with Crippen molar-refractivity contribution in [3.8, 4) is 0 Å². The average Bonchev–Trinajstić information content (AvgIpc) is 2.44. The van der Waals surface area contributed by atoms with Crippen LogP contribution in [0.5, 0.6) is 0 Å². The van der Waals surface area contributed by atoms with Gasteiger partial charge in [0.15, 0.2) is 0 Å². The van der Waals surface area contributed by atoms with E-state index in [-0.39, 0.29) is 24.4 Å². The van der Waals surface area contributed by atoms with Crippen LogP contribution in [-0.4, -0.2) is 28.9 Å². The molecule has 0 saturated heterocycles. The molecule has 1 aromatic rings. The standard InChI is InChI=1S/C16H19FN2O4/c1-8(2)5-13(16(22)23)19-15(21)11-7-14(20)18-12-6-9(17)3-4-10(11)12/h3-4,6,8,11,13H,5,7H2,1-2H3,(H,18,20)(H,19,21)(H,22,23)/t11?,13-/m1/s1. The Balaban J connectivity index is 2.22. The van der Waals surface area contributed by atoms with Crippen molar-refractivity contribution in [2.45, 2.75) is 38.6 Å². The summed E-state index contributed by atoms with van der Waals surface area (Å²) in [6.45, 7) is 3.71. The van der Waals surface area contributed by atoms with Crippen LogP contribution in [0.15, 0.2) is 18.2 Å². The molecule has 2 rings (SSSR count). The summed E-state index contributed by atoms with van der Waals surface area (Å²) in [5.41, 5.74) is 0.731. The van der Waals surface area contributed by atoms with Crippen LogP contribution in [0.4, 0.5) is 10.1 Å². The molecule has 0 saturated carbocycles. The number of carboxylic acids is 1. The number of anilines is 1. The number of amides is 2. The van der Waals surface area contributed by atoms with Crippen LogP contribution in [0.2, 0.25) is 0 Å². The van der Waals surface area contributed by atoms with Gasteiger partial charge in [-0.2, -0.15) is 0 Å². The van der Waals surface area contributed by atoms with Gasteiger partial charge in [0.2, 0.25) is 11.8 Å².